The van der Waals surface area contributed by atoms with Crippen LogP contribution in [0.2, 0.25) is 5.02 Å². The van der Waals surface area contributed by atoms with E-state index in [2.05, 4.69) is 15.5 Å². The number of aromatic amines is 1. The first kappa shape index (κ1) is 12.8. The van der Waals surface area contributed by atoms with Crippen molar-refractivity contribution in [2.75, 3.05) is 6.54 Å². The van der Waals surface area contributed by atoms with E-state index in [1.807, 2.05) is 19.1 Å². The zero-order valence-electron chi connectivity index (χ0n) is 10.0. The van der Waals surface area contributed by atoms with Crippen LogP contribution in [-0.2, 0) is 6.54 Å². The molecule has 0 saturated heterocycles. The van der Waals surface area contributed by atoms with Gasteiger partial charge >= 0.3 is 0 Å². The van der Waals surface area contributed by atoms with E-state index in [4.69, 9.17) is 11.6 Å². The molecule has 4 nitrogen and oxygen atoms in total. The van der Waals surface area contributed by atoms with Crippen molar-refractivity contribution in [1.29, 1.82) is 0 Å². The smallest absolute Gasteiger partial charge is 0.268 e. The summed E-state index contributed by atoms with van der Waals surface area (Å²) in [6.45, 7) is 3.35. The van der Waals surface area contributed by atoms with Crippen molar-refractivity contribution in [3.63, 3.8) is 0 Å². The minimum atomic E-state index is -0.159. The predicted octanol–water partition coefficient (Wildman–Crippen LogP) is 2.20. The minimum absolute atomic E-state index is 0.159. The maximum Gasteiger partial charge on any atom is 0.268 e. The standard InChI is InChI=1S/C13H14ClN3O/c1-2-15-8-10-7-12(16-17-13(10)18)9-3-5-11(14)6-4-9/h3-7,15H,2,8H2,1H3,(H,17,18). The Morgan fingerprint density at radius 1 is 1.33 bits per heavy atom. The van der Waals surface area contributed by atoms with E-state index in [0.717, 1.165) is 17.8 Å². The molecular weight excluding hydrogens is 250 g/mol. The Balaban J connectivity index is 2.34. The molecule has 2 rings (SSSR count). The summed E-state index contributed by atoms with van der Waals surface area (Å²) in [5.41, 5.74) is 2.18. The van der Waals surface area contributed by atoms with Crippen molar-refractivity contribution < 1.29 is 0 Å². The third-order valence-electron chi connectivity index (χ3n) is 2.59. The fourth-order valence-electron chi connectivity index (χ4n) is 1.61. The fourth-order valence-corrected chi connectivity index (χ4v) is 1.73. The molecule has 0 spiro atoms. The Morgan fingerprint density at radius 3 is 2.72 bits per heavy atom. The molecule has 0 fully saturated rings. The fraction of sp³-hybridized carbons (Fsp3) is 0.231. The van der Waals surface area contributed by atoms with Crippen LogP contribution in [0.25, 0.3) is 11.3 Å². The van der Waals surface area contributed by atoms with E-state index < -0.39 is 0 Å². The molecule has 1 aromatic carbocycles. The third kappa shape index (κ3) is 2.97. The SMILES string of the molecule is CCNCc1cc(-c2ccc(Cl)cc2)n[nH]c1=O. The van der Waals surface area contributed by atoms with Crippen molar-refractivity contribution in [3.05, 3.63) is 51.3 Å². The molecule has 94 valence electrons. The van der Waals surface area contributed by atoms with Crippen LogP contribution >= 0.6 is 11.6 Å². The van der Waals surface area contributed by atoms with Crippen LogP contribution < -0.4 is 10.9 Å². The molecule has 0 bridgehead atoms. The summed E-state index contributed by atoms with van der Waals surface area (Å²) < 4.78 is 0. The van der Waals surface area contributed by atoms with Gasteiger partial charge < -0.3 is 5.32 Å². The third-order valence-corrected chi connectivity index (χ3v) is 2.84. The number of benzene rings is 1. The predicted molar refractivity (Wildman–Crippen MR) is 72.7 cm³/mol. The highest BCUT2D eigenvalue weighted by atomic mass is 35.5. The summed E-state index contributed by atoms with van der Waals surface area (Å²) in [6, 6.07) is 9.14. The van der Waals surface area contributed by atoms with E-state index >= 15 is 0 Å². The van der Waals surface area contributed by atoms with E-state index in [9.17, 15) is 4.79 Å². The minimum Gasteiger partial charge on any atom is -0.313 e. The Labute approximate surface area is 110 Å². The lowest BCUT2D eigenvalue weighted by Gasteiger charge is -2.04. The first-order valence-electron chi connectivity index (χ1n) is 5.76. The van der Waals surface area contributed by atoms with Gasteiger partial charge in [-0.25, -0.2) is 5.10 Å². The quantitative estimate of drug-likeness (QED) is 0.889. The maximum absolute atomic E-state index is 11.6. The molecular formula is C13H14ClN3O. The number of aromatic nitrogens is 2. The maximum atomic E-state index is 11.6. The van der Waals surface area contributed by atoms with Crippen LogP contribution in [0, 0.1) is 0 Å². The summed E-state index contributed by atoms with van der Waals surface area (Å²) in [5.74, 6) is 0. The number of nitrogens with one attached hydrogen (secondary N) is 2. The molecule has 0 amide bonds. The first-order valence-corrected chi connectivity index (χ1v) is 6.13. The van der Waals surface area contributed by atoms with Crippen molar-refractivity contribution in [2.24, 2.45) is 0 Å². The van der Waals surface area contributed by atoms with Crippen LogP contribution in [0.5, 0.6) is 0 Å². The van der Waals surface area contributed by atoms with E-state index in [0.29, 0.717) is 17.1 Å². The first-order chi connectivity index (χ1) is 8.70. The lowest BCUT2D eigenvalue weighted by molar-refractivity contribution is 0.715. The largest absolute Gasteiger partial charge is 0.313 e. The van der Waals surface area contributed by atoms with Crippen LogP contribution in [-0.4, -0.2) is 16.7 Å². The Bertz CT molecular complexity index is 578. The number of nitrogens with zero attached hydrogens (tertiary/aromatic N) is 1. The van der Waals surface area contributed by atoms with Crippen LogP contribution in [0.4, 0.5) is 0 Å². The lowest BCUT2D eigenvalue weighted by atomic mass is 10.1. The number of H-pyrrole nitrogens is 1. The summed E-state index contributed by atoms with van der Waals surface area (Å²) in [4.78, 5) is 11.6. The van der Waals surface area contributed by atoms with Crippen molar-refractivity contribution in [1.82, 2.24) is 15.5 Å². The molecule has 0 aliphatic carbocycles. The van der Waals surface area contributed by atoms with Gasteiger partial charge in [0, 0.05) is 22.7 Å². The zero-order chi connectivity index (χ0) is 13.0. The lowest BCUT2D eigenvalue weighted by Crippen LogP contribution is -2.21. The van der Waals surface area contributed by atoms with Crippen LogP contribution in [0.15, 0.2) is 35.1 Å². The van der Waals surface area contributed by atoms with Crippen LogP contribution in [0.3, 0.4) is 0 Å². The average molecular weight is 264 g/mol. The van der Waals surface area contributed by atoms with Gasteiger partial charge in [0.15, 0.2) is 0 Å². The molecule has 18 heavy (non-hydrogen) atoms. The van der Waals surface area contributed by atoms with Gasteiger partial charge in [0.2, 0.25) is 0 Å². The normalized spacial score (nSPS) is 10.6. The number of hydrogen-bond acceptors (Lipinski definition) is 3. The molecule has 0 atom stereocenters. The topological polar surface area (TPSA) is 57.8 Å². The van der Waals surface area contributed by atoms with Gasteiger partial charge in [-0.1, -0.05) is 30.7 Å². The highest BCUT2D eigenvalue weighted by Crippen LogP contribution is 2.18. The number of rotatable bonds is 4. The Kier molecular flexibility index (Phi) is 4.12. The zero-order valence-corrected chi connectivity index (χ0v) is 10.8. The van der Waals surface area contributed by atoms with Crippen LogP contribution in [0.1, 0.15) is 12.5 Å². The second-order valence-corrected chi connectivity index (χ2v) is 4.33. The summed E-state index contributed by atoms with van der Waals surface area (Å²) in [5, 5.41) is 10.4. The van der Waals surface area contributed by atoms with Gasteiger partial charge in [-0.15, -0.1) is 0 Å². The summed E-state index contributed by atoms with van der Waals surface area (Å²) in [6.07, 6.45) is 0. The van der Waals surface area contributed by atoms with Gasteiger partial charge in [0.25, 0.3) is 5.56 Å². The van der Waals surface area contributed by atoms with Gasteiger partial charge in [0.1, 0.15) is 0 Å². The molecule has 0 unspecified atom stereocenters. The highest BCUT2D eigenvalue weighted by molar-refractivity contribution is 6.30. The van der Waals surface area contributed by atoms with Gasteiger partial charge in [-0.3, -0.25) is 4.79 Å². The van der Waals surface area contributed by atoms with E-state index in [1.54, 1.807) is 18.2 Å². The molecule has 0 aliphatic heterocycles. The summed E-state index contributed by atoms with van der Waals surface area (Å²) in [7, 11) is 0. The van der Waals surface area contributed by atoms with E-state index in [-0.39, 0.29) is 5.56 Å². The van der Waals surface area contributed by atoms with Crippen molar-refractivity contribution in [2.45, 2.75) is 13.5 Å². The average Bonchev–Trinajstić information content (AvgIpc) is 2.39. The molecule has 2 aromatic rings. The highest BCUT2D eigenvalue weighted by Gasteiger charge is 2.04. The molecule has 0 radical (unpaired) electrons. The Morgan fingerprint density at radius 2 is 2.06 bits per heavy atom. The molecule has 1 aromatic heterocycles. The Hall–Kier alpha value is -1.65. The van der Waals surface area contributed by atoms with Crippen molar-refractivity contribution in [3.8, 4) is 11.3 Å². The molecule has 0 saturated carbocycles. The monoisotopic (exact) mass is 263 g/mol. The molecule has 1 heterocycles. The second-order valence-electron chi connectivity index (χ2n) is 3.89. The van der Waals surface area contributed by atoms with Crippen molar-refractivity contribution >= 4 is 11.6 Å². The van der Waals surface area contributed by atoms with Gasteiger partial charge in [-0.05, 0) is 24.7 Å². The number of hydrogen-bond donors (Lipinski definition) is 2. The van der Waals surface area contributed by atoms with Gasteiger partial charge in [0.05, 0.1) is 5.69 Å². The number of halogens is 1. The van der Waals surface area contributed by atoms with Gasteiger partial charge in [-0.2, -0.15) is 5.10 Å². The molecule has 2 N–H and O–H groups in total. The molecule has 5 heteroatoms. The molecule has 0 aliphatic rings. The summed E-state index contributed by atoms with van der Waals surface area (Å²) >= 11 is 5.84. The van der Waals surface area contributed by atoms with E-state index in [1.165, 1.54) is 0 Å². The second kappa shape index (κ2) is 5.80.